The van der Waals surface area contributed by atoms with Gasteiger partial charge in [0.25, 0.3) is 10.2 Å². The minimum absolute atomic E-state index is 0.271. The van der Waals surface area contributed by atoms with E-state index in [-0.39, 0.29) is 6.54 Å². The minimum atomic E-state index is -3.45. The van der Waals surface area contributed by atoms with Gasteiger partial charge in [0.2, 0.25) is 0 Å². The molecule has 1 aliphatic heterocycles. The van der Waals surface area contributed by atoms with Crippen molar-refractivity contribution in [1.82, 2.24) is 9.03 Å². The van der Waals surface area contributed by atoms with E-state index in [1.165, 1.54) is 0 Å². The highest BCUT2D eigenvalue weighted by Gasteiger charge is 2.26. The summed E-state index contributed by atoms with van der Waals surface area (Å²) in [4.78, 5) is 0. The van der Waals surface area contributed by atoms with Crippen molar-refractivity contribution in [1.29, 1.82) is 5.26 Å². The van der Waals surface area contributed by atoms with Gasteiger partial charge in [0.15, 0.2) is 0 Å². The van der Waals surface area contributed by atoms with Crippen LogP contribution in [0.3, 0.4) is 0 Å². The van der Waals surface area contributed by atoms with Crippen molar-refractivity contribution in [2.24, 2.45) is 5.92 Å². The molecule has 0 aromatic heterocycles. The van der Waals surface area contributed by atoms with Crippen LogP contribution in [-0.4, -0.2) is 25.8 Å². The van der Waals surface area contributed by atoms with Crippen LogP contribution in [-0.2, 0) is 29.6 Å². The molecule has 0 aliphatic carbocycles. The molecule has 1 aromatic rings. The maximum absolute atomic E-state index is 12.6. The van der Waals surface area contributed by atoms with Crippen LogP contribution in [0.2, 0.25) is 0 Å². The van der Waals surface area contributed by atoms with E-state index in [0.717, 1.165) is 60.8 Å². The molecule has 1 aliphatic rings. The van der Waals surface area contributed by atoms with E-state index in [1.54, 1.807) is 4.31 Å². The summed E-state index contributed by atoms with van der Waals surface area (Å²) < 4.78 is 29.4. The number of hydrogen-bond acceptors (Lipinski definition) is 3. The van der Waals surface area contributed by atoms with E-state index < -0.39 is 10.2 Å². The molecule has 0 spiro atoms. The standard InChI is InChI=1S/C20H31N3O2S/c1-4-6-18-12-17(13-19(7-5-2)20(18)14-21)15-22-26(24,25)23-10-8-16(3)9-11-23/h12-13,16,22H,4-11,15H2,1-3H3. The third-order valence-corrected chi connectivity index (χ3v) is 6.61. The summed E-state index contributed by atoms with van der Waals surface area (Å²) in [6.45, 7) is 7.80. The first-order valence-corrected chi connectivity index (χ1v) is 11.1. The van der Waals surface area contributed by atoms with Crippen LogP contribution in [0, 0.1) is 17.2 Å². The number of nitrogens with zero attached hydrogens (tertiary/aromatic N) is 2. The van der Waals surface area contributed by atoms with E-state index in [2.05, 4.69) is 31.6 Å². The van der Waals surface area contributed by atoms with Gasteiger partial charge in [-0.25, -0.2) is 0 Å². The number of rotatable bonds is 8. The summed E-state index contributed by atoms with van der Waals surface area (Å²) in [5.74, 6) is 0.591. The lowest BCUT2D eigenvalue weighted by atomic mass is 9.93. The van der Waals surface area contributed by atoms with Crippen molar-refractivity contribution in [3.8, 4) is 6.07 Å². The highest BCUT2D eigenvalue weighted by Crippen LogP contribution is 2.22. The fourth-order valence-electron chi connectivity index (χ4n) is 3.51. The molecule has 1 heterocycles. The van der Waals surface area contributed by atoms with E-state index in [4.69, 9.17) is 0 Å². The number of benzene rings is 1. The van der Waals surface area contributed by atoms with Gasteiger partial charge in [0.05, 0.1) is 11.6 Å². The molecule has 1 fully saturated rings. The first-order chi connectivity index (χ1) is 12.4. The van der Waals surface area contributed by atoms with Gasteiger partial charge in [0, 0.05) is 19.6 Å². The molecule has 26 heavy (non-hydrogen) atoms. The maximum Gasteiger partial charge on any atom is 0.279 e. The normalized spacial score (nSPS) is 16.5. The number of nitrogens with one attached hydrogen (secondary N) is 1. The van der Waals surface area contributed by atoms with Crippen LogP contribution < -0.4 is 4.72 Å². The van der Waals surface area contributed by atoms with Crippen LogP contribution in [0.15, 0.2) is 12.1 Å². The fraction of sp³-hybridized carbons (Fsp3) is 0.650. The summed E-state index contributed by atoms with van der Waals surface area (Å²) in [5.41, 5.74) is 3.76. The summed E-state index contributed by atoms with van der Waals surface area (Å²) >= 11 is 0. The summed E-state index contributed by atoms with van der Waals surface area (Å²) in [7, 11) is -3.45. The van der Waals surface area contributed by atoms with E-state index in [1.807, 2.05) is 12.1 Å². The summed E-state index contributed by atoms with van der Waals surface area (Å²) in [6.07, 6.45) is 5.43. The van der Waals surface area contributed by atoms with E-state index >= 15 is 0 Å². The number of hydrogen-bond donors (Lipinski definition) is 1. The van der Waals surface area contributed by atoms with Crippen LogP contribution in [0.25, 0.3) is 0 Å². The fourth-order valence-corrected chi connectivity index (χ4v) is 4.73. The molecule has 0 bridgehead atoms. The second-order valence-electron chi connectivity index (χ2n) is 7.31. The van der Waals surface area contributed by atoms with Crippen molar-refractivity contribution in [2.45, 2.75) is 65.8 Å². The smallest absolute Gasteiger partial charge is 0.198 e. The first-order valence-electron chi connectivity index (χ1n) is 9.70. The van der Waals surface area contributed by atoms with Crippen molar-refractivity contribution in [2.75, 3.05) is 13.1 Å². The van der Waals surface area contributed by atoms with Gasteiger partial charge < -0.3 is 0 Å². The predicted molar refractivity (Wildman–Crippen MR) is 105 cm³/mol. The molecule has 0 radical (unpaired) electrons. The van der Waals surface area contributed by atoms with Crippen LogP contribution in [0.1, 0.15) is 68.7 Å². The van der Waals surface area contributed by atoms with Gasteiger partial charge >= 0.3 is 0 Å². The lowest BCUT2D eigenvalue weighted by Gasteiger charge is -2.29. The SMILES string of the molecule is CCCc1cc(CNS(=O)(=O)N2CCC(C)CC2)cc(CCC)c1C#N. The van der Waals surface area contributed by atoms with Crippen LogP contribution in [0.5, 0.6) is 0 Å². The Balaban J connectivity index is 2.16. The molecular weight excluding hydrogens is 346 g/mol. The van der Waals surface area contributed by atoms with Crippen molar-refractivity contribution < 1.29 is 8.42 Å². The molecule has 0 unspecified atom stereocenters. The Kier molecular flexibility index (Phi) is 7.63. The second-order valence-corrected chi connectivity index (χ2v) is 9.06. The molecule has 5 nitrogen and oxygen atoms in total. The van der Waals surface area contributed by atoms with Gasteiger partial charge in [0.1, 0.15) is 0 Å². The second kappa shape index (κ2) is 9.50. The molecule has 144 valence electrons. The van der Waals surface area contributed by atoms with Gasteiger partial charge in [-0.3, -0.25) is 0 Å². The third kappa shape index (κ3) is 5.29. The summed E-state index contributed by atoms with van der Waals surface area (Å²) in [5, 5.41) is 9.53. The molecule has 1 N–H and O–H groups in total. The Hall–Kier alpha value is -1.42. The van der Waals surface area contributed by atoms with Gasteiger partial charge in [-0.15, -0.1) is 0 Å². The third-order valence-electron chi connectivity index (χ3n) is 5.05. The monoisotopic (exact) mass is 377 g/mol. The lowest BCUT2D eigenvalue weighted by molar-refractivity contribution is 0.285. The zero-order chi connectivity index (χ0) is 19.2. The first kappa shape index (κ1) is 20.9. The van der Waals surface area contributed by atoms with E-state index in [9.17, 15) is 13.7 Å². The van der Waals surface area contributed by atoms with Crippen LogP contribution >= 0.6 is 0 Å². The Labute approximate surface area is 158 Å². The van der Waals surface area contributed by atoms with Gasteiger partial charge in [-0.05, 0) is 48.3 Å². The molecule has 0 saturated carbocycles. The topological polar surface area (TPSA) is 73.2 Å². The number of aryl methyl sites for hydroxylation is 2. The Bertz CT molecular complexity index is 718. The van der Waals surface area contributed by atoms with Gasteiger partial charge in [-0.1, -0.05) is 45.7 Å². The molecule has 1 aromatic carbocycles. The molecule has 2 rings (SSSR count). The Morgan fingerprint density at radius 1 is 1.15 bits per heavy atom. The quantitative estimate of drug-likeness (QED) is 0.753. The minimum Gasteiger partial charge on any atom is -0.198 e. The van der Waals surface area contributed by atoms with Crippen LogP contribution in [0.4, 0.5) is 0 Å². The Morgan fingerprint density at radius 2 is 1.69 bits per heavy atom. The molecule has 0 amide bonds. The maximum atomic E-state index is 12.6. The lowest BCUT2D eigenvalue weighted by Crippen LogP contribution is -2.44. The predicted octanol–water partition coefficient (Wildman–Crippen LogP) is 3.53. The highest BCUT2D eigenvalue weighted by atomic mass is 32.2. The zero-order valence-corrected chi connectivity index (χ0v) is 17.0. The summed E-state index contributed by atoms with van der Waals surface area (Å²) in [6, 6.07) is 6.32. The average molecular weight is 378 g/mol. The zero-order valence-electron chi connectivity index (χ0n) is 16.2. The van der Waals surface area contributed by atoms with E-state index in [0.29, 0.717) is 19.0 Å². The molecule has 0 atom stereocenters. The molecular formula is C20H31N3O2S. The van der Waals surface area contributed by atoms with Crippen molar-refractivity contribution in [3.63, 3.8) is 0 Å². The number of nitriles is 1. The van der Waals surface area contributed by atoms with Gasteiger partial charge in [-0.2, -0.15) is 22.7 Å². The molecule has 1 saturated heterocycles. The average Bonchev–Trinajstić information content (AvgIpc) is 2.61. The van der Waals surface area contributed by atoms with Crippen molar-refractivity contribution >= 4 is 10.2 Å². The molecule has 6 heteroatoms. The Morgan fingerprint density at radius 3 is 2.15 bits per heavy atom. The van der Waals surface area contributed by atoms with Crippen molar-refractivity contribution in [3.05, 3.63) is 34.4 Å². The number of piperidine rings is 1. The highest BCUT2D eigenvalue weighted by molar-refractivity contribution is 7.87. The largest absolute Gasteiger partial charge is 0.279 e.